The maximum Gasteiger partial charge on any atom is 0.227 e. The van der Waals surface area contributed by atoms with E-state index in [1.54, 1.807) is 0 Å². The summed E-state index contributed by atoms with van der Waals surface area (Å²) in [7, 11) is 0. The molecule has 1 aliphatic heterocycles. The van der Waals surface area contributed by atoms with Crippen LogP contribution < -0.4 is 9.64 Å². The van der Waals surface area contributed by atoms with E-state index in [0.717, 1.165) is 66.3 Å². The highest BCUT2D eigenvalue weighted by Crippen LogP contribution is 2.33. The predicted octanol–water partition coefficient (Wildman–Crippen LogP) is 6.11. The van der Waals surface area contributed by atoms with Crippen molar-refractivity contribution in [2.24, 2.45) is 0 Å². The summed E-state index contributed by atoms with van der Waals surface area (Å²) in [5, 5.41) is 0. The van der Waals surface area contributed by atoms with Gasteiger partial charge in [-0.3, -0.25) is 4.79 Å². The molecule has 1 aromatic heterocycles. The van der Waals surface area contributed by atoms with Gasteiger partial charge >= 0.3 is 0 Å². The third-order valence-electron chi connectivity index (χ3n) is 6.53. The number of anilines is 1. The van der Waals surface area contributed by atoms with Crippen molar-refractivity contribution in [3.05, 3.63) is 90.3 Å². The lowest BCUT2D eigenvalue weighted by molar-refractivity contribution is -0.117. The smallest absolute Gasteiger partial charge is 0.227 e. The van der Waals surface area contributed by atoms with Gasteiger partial charge in [0.1, 0.15) is 11.6 Å². The van der Waals surface area contributed by atoms with Gasteiger partial charge in [0.05, 0.1) is 17.6 Å². The molecule has 174 valence electrons. The Morgan fingerprint density at radius 3 is 2.62 bits per heavy atom. The molecule has 1 saturated heterocycles. The first-order chi connectivity index (χ1) is 16.7. The van der Waals surface area contributed by atoms with E-state index in [4.69, 9.17) is 9.72 Å². The second-order valence-electron chi connectivity index (χ2n) is 9.08. The summed E-state index contributed by atoms with van der Waals surface area (Å²) in [5.41, 5.74) is 4.30. The molecule has 1 fully saturated rings. The number of hydrogen-bond donors (Lipinski definition) is 0. The standard InChI is InChI=1S/C29H31N3O2/c1-22-11-10-12-24(19-22)32-21-23(20-28(32)33)29-30-26-15-6-7-16-27(26)31(29)17-8-3-9-18-34-25-13-4-2-5-14-25/h2,4-7,10-16,19,23H,3,8-9,17-18,20-21H2,1H3. The molecule has 34 heavy (non-hydrogen) atoms. The molecule has 1 atom stereocenters. The summed E-state index contributed by atoms with van der Waals surface area (Å²) in [6.45, 7) is 4.36. The van der Waals surface area contributed by atoms with Crippen LogP contribution in [0.1, 0.15) is 43.0 Å². The lowest BCUT2D eigenvalue weighted by Gasteiger charge is -2.18. The minimum absolute atomic E-state index is 0.0989. The van der Waals surface area contributed by atoms with E-state index in [1.807, 2.05) is 53.4 Å². The molecule has 1 unspecified atom stereocenters. The molecule has 0 spiro atoms. The van der Waals surface area contributed by atoms with Crippen LogP contribution in [0.25, 0.3) is 11.0 Å². The summed E-state index contributed by atoms with van der Waals surface area (Å²) < 4.78 is 8.17. The van der Waals surface area contributed by atoms with Crippen LogP contribution in [0.4, 0.5) is 5.69 Å². The number of amides is 1. The van der Waals surface area contributed by atoms with Gasteiger partial charge in [0.2, 0.25) is 5.91 Å². The van der Waals surface area contributed by atoms with Gasteiger partial charge in [-0.2, -0.15) is 0 Å². The maximum atomic E-state index is 12.9. The van der Waals surface area contributed by atoms with E-state index in [0.29, 0.717) is 13.0 Å². The van der Waals surface area contributed by atoms with Crippen molar-refractivity contribution < 1.29 is 9.53 Å². The summed E-state index contributed by atoms with van der Waals surface area (Å²) in [4.78, 5) is 19.8. The second-order valence-corrected chi connectivity index (χ2v) is 9.08. The first kappa shape index (κ1) is 22.2. The molecule has 4 aromatic rings. The van der Waals surface area contributed by atoms with Gasteiger partial charge in [0.25, 0.3) is 0 Å². The first-order valence-electron chi connectivity index (χ1n) is 12.2. The number of ether oxygens (including phenoxy) is 1. The van der Waals surface area contributed by atoms with E-state index in [-0.39, 0.29) is 11.8 Å². The molecule has 0 aliphatic carbocycles. The molecule has 5 nitrogen and oxygen atoms in total. The van der Waals surface area contributed by atoms with Crippen LogP contribution in [-0.2, 0) is 11.3 Å². The van der Waals surface area contributed by atoms with Gasteiger partial charge < -0.3 is 14.2 Å². The highest BCUT2D eigenvalue weighted by Gasteiger charge is 2.34. The highest BCUT2D eigenvalue weighted by molar-refractivity contribution is 5.96. The molecule has 1 amide bonds. The number of unbranched alkanes of at least 4 members (excludes halogenated alkanes) is 2. The average Bonchev–Trinajstić information content (AvgIpc) is 3.42. The number of benzene rings is 3. The molecule has 0 saturated carbocycles. The Balaban J connectivity index is 1.26. The zero-order valence-electron chi connectivity index (χ0n) is 19.7. The second kappa shape index (κ2) is 10.1. The summed E-state index contributed by atoms with van der Waals surface area (Å²) >= 11 is 0. The maximum absolute atomic E-state index is 12.9. The molecule has 5 heteroatoms. The number of fused-ring (bicyclic) bond motifs is 1. The van der Waals surface area contributed by atoms with Crippen molar-refractivity contribution in [1.29, 1.82) is 0 Å². The van der Waals surface area contributed by atoms with E-state index in [1.165, 1.54) is 0 Å². The monoisotopic (exact) mass is 453 g/mol. The lowest BCUT2D eigenvalue weighted by atomic mass is 10.1. The number of nitrogens with zero attached hydrogens (tertiary/aromatic N) is 3. The largest absolute Gasteiger partial charge is 0.494 e. The molecule has 3 aromatic carbocycles. The zero-order chi connectivity index (χ0) is 23.3. The van der Waals surface area contributed by atoms with E-state index < -0.39 is 0 Å². The summed E-state index contributed by atoms with van der Waals surface area (Å²) in [5.74, 6) is 2.23. The zero-order valence-corrected chi connectivity index (χ0v) is 19.7. The van der Waals surface area contributed by atoms with Gasteiger partial charge in [0.15, 0.2) is 0 Å². The fourth-order valence-corrected chi connectivity index (χ4v) is 4.82. The van der Waals surface area contributed by atoms with Crippen molar-refractivity contribution >= 4 is 22.6 Å². The average molecular weight is 454 g/mol. The molecule has 0 bridgehead atoms. The number of carbonyl (C=O) groups excluding carboxylic acids is 1. The molecule has 2 heterocycles. The van der Waals surface area contributed by atoms with Crippen molar-refractivity contribution in [2.75, 3.05) is 18.1 Å². The van der Waals surface area contributed by atoms with E-state index >= 15 is 0 Å². The number of aryl methyl sites for hydroxylation is 2. The fraction of sp³-hybridized carbons (Fsp3) is 0.310. The number of aromatic nitrogens is 2. The fourth-order valence-electron chi connectivity index (χ4n) is 4.82. The summed E-state index contributed by atoms with van der Waals surface area (Å²) in [6, 6.07) is 26.5. The van der Waals surface area contributed by atoms with Crippen molar-refractivity contribution in [3.8, 4) is 5.75 Å². The number of para-hydroxylation sites is 3. The Labute approximate surface area is 201 Å². The Kier molecular flexibility index (Phi) is 6.61. The highest BCUT2D eigenvalue weighted by atomic mass is 16.5. The van der Waals surface area contributed by atoms with Crippen LogP contribution in [0.3, 0.4) is 0 Å². The van der Waals surface area contributed by atoms with Gasteiger partial charge in [-0.05, 0) is 68.1 Å². The minimum Gasteiger partial charge on any atom is -0.494 e. The third-order valence-corrected chi connectivity index (χ3v) is 6.53. The molecule has 5 rings (SSSR count). The van der Waals surface area contributed by atoms with E-state index in [2.05, 4.69) is 41.8 Å². The van der Waals surface area contributed by atoms with Gasteiger partial charge in [-0.15, -0.1) is 0 Å². The Morgan fingerprint density at radius 2 is 1.76 bits per heavy atom. The van der Waals surface area contributed by atoms with Crippen LogP contribution in [-0.4, -0.2) is 28.6 Å². The number of hydrogen-bond acceptors (Lipinski definition) is 3. The van der Waals surface area contributed by atoms with Crippen molar-refractivity contribution in [1.82, 2.24) is 9.55 Å². The number of imidazole rings is 1. The van der Waals surface area contributed by atoms with Crippen LogP contribution in [0.15, 0.2) is 78.9 Å². The third kappa shape index (κ3) is 4.84. The topological polar surface area (TPSA) is 47.4 Å². The molecular weight excluding hydrogens is 422 g/mol. The molecule has 0 N–H and O–H groups in total. The van der Waals surface area contributed by atoms with Gasteiger partial charge in [0, 0.05) is 31.1 Å². The lowest BCUT2D eigenvalue weighted by Crippen LogP contribution is -2.24. The van der Waals surface area contributed by atoms with Crippen LogP contribution >= 0.6 is 0 Å². The Bertz CT molecular complexity index is 1260. The van der Waals surface area contributed by atoms with Crippen LogP contribution in [0, 0.1) is 6.92 Å². The Hall–Kier alpha value is -3.60. The number of rotatable bonds is 9. The predicted molar refractivity (Wildman–Crippen MR) is 136 cm³/mol. The van der Waals surface area contributed by atoms with Crippen molar-refractivity contribution in [3.63, 3.8) is 0 Å². The van der Waals surface area contributed by atoms with Gasteiger partial charge in [-0.25, -0.2) is 4.98 Å². The van der Waals surface area contributed by atoms with Gasteiger partial charge in [-0.1, -0.05) is 42.5 Å². The van der Waals surface area contributed by atoms with E-state index in [9.17, 15) is 4.79 Å². The summed E-state index contributed by atoms with van der Waals surface area (Å²) in [6.07, 6.45) is 3.65. The van der Waals surface area contributed by atoms with Crippen LogP contribution in [0.2, 0.25) is 0 Å². The first-order valence-corrected chi connectivity index (χ1v) is 12.2. The Morgan fingerprint density at radius 1 is 0.941 bits per heavy atom. The quantitative estimate of drug-likeness (QED) is 0.287. The normalized spacial score (nSPS) is 15.9. The number of carbonyl (C=O) groups is 1. The molecule has 1 aliphatic rings. The minimum atomic E-state index is 0.0989. The molecule has 0 radical (unpaired) electrons. The van der Waals surface area contributed by atoms with Crippen LogP contribution in [0.5, 0.6) is 5.75 Å². The SMILES string of the molecule is Cc1cccc(N2CC(c3nc4ccccc4n3CCCCCOc3ccccc3)CC2=O)c1. The molecular formula is C29H31N3O2. The van der Waals surface area contributed by atoms with Crippen molar-refractivity contribution in [2.45, 2.75) is 45.1 Å².